The highest BCUT2D eigenvalue weighted by Crippen LogP contribution is 2.40. The first kappa shape index (κ1) is 19.8. The summed E-state index contributed by atoms with van der Waals surface area (Å²) >= 11 is 1.74. The first-order chi connectivity index (χ1) is 17.8. The van der Waals surface area contributed by atoms with Crippen molar-refractivity contribution in [3.63, 3.8) is 0 Å². The molecule has 0 saturated heterocycles. The largest absolute Gasteiger partial charge is 0.354 e. The van der Waals surface area contributed by atoms with Crippen molar-refractivity contribution in [3.8, 4) is 21.7 Å². The maximum absolute atomic E-state index is 4.84. The van der Waals surface area contributed by atoms with Gasteiger partial charge in [-0.2, -0.15) is 0 Å². The standard InChI is InChI=1S/C33H20N2S/c1-2-8-25-20(6-1)16-18-26-31-28(34-32(25)26)19-17-22-7-5-9-24(30(22)31)21-12-14-23(15-13-21)33-35-27-10-3-4-11-29(27)36-33/h1-19,34H. The van der Waals surface area contributed by atoms with Crippen molar-refractivity contribution < 1.29 is 0 Å². The minimum Gasteiger partial charge on any atom is -0.354 e. The molecule has 0 fully saturated rings. The number of fused-ring (bicyclic) bond motifs is 8. The predicted octanol–water partition coefficient (Wildman–Crippen LogP) is 9.57. The number of aromatic amines is 1. The molecule has 168 valence electrons. The van der Waals surface area contributed by atoms with Gasteiger partial charge in [0.15, 0.2) is 0 Å². The number of hydrogen-bond donors (Lipinski definition) is 1. The Morgan fingerprint density at radius 3 is 2.25 bits per heavy atom. The Hall–Kier alpha value is -4.47. The van der Waals surface area contributed by atoms with E-state index in [4.69, 9.17) is 4.98 Å². The van der Waals surface area contributed by atoms with Gasteiger partial charge in [0.05, 0.1) is 15.7 Å². The van der Waals surface area contributed by atoms with Gasteiger partial charge in [-0.05, 0) is 45.5 Å². The highest BCUT2D eigenvalue weighted by molar-refractivity contribution is 7.21. The average molecular weight is 477 g/mol. The molecule has 3 heteroatoms. The van der Waals surface area contributed by atoms with Crippen molar-refractivity contribution in [1.82, 2.24) is 9.97 Å². The Labute approximate surface area is 211 Å². The topological polar surface area (TPSA) is 28.7 Å². The Morgan fingerprint density at radius 1 is 0.556 bits per heavy atom. The molecule has 8 aromatic rings. The van der Waals surface area contributed by atoms with E-state index < -0.39 is 0 Å². The van der Waals surface area contributed by atoms with Crippen molar-refractivity contribution in [3.05, 3.63) is 115 Å². The molecule has 0 aliphatic carbocycles. The van der Waals surface area contributed by atoms with Gasteiger partial charge in [-0.25, -0.2) is 4.98 Å². The summed E-state index contributed by atoms with van der Waals surface area (Å²) in [7, 11) is 0. The highest BCUT2D eigenvalue weighted by Gasteiger charge is 2.14. The minimum atomic E-state index is 1.06. The van der Waals surface area contributed by atoms with Crippen LogP contribution in [0, 0.1) is 0 Å². The smallest absolute Gasteiger partial charge is 0.124 e. The molecule has 0 amide bonds. The lowest BCUT2D eigenvalue weighted by Crippen LogP contribution is -1.84. The molecule has 0 bridgehead atoms. The second kappa shape index (κ2) is 7.51. The Morgan fingerprint density at radius 2 is 1.33 bits per heavy atom. The van der Waals surface area contributed by atoms with Gasteiger partial charge in [0.1, 0.15) is 5.01 Å². The third-order valence-corrected chi connectivity index (χ3v) is 8.33. The van der Waals surface area contributed by atoms with Crippen LogP contribution in [0.4, 0.5) is 0 Å². The molecular weight excluding hydrogens is 456 g/mol. The summed E-state index contributed by atoms with van der Waals surface area (Å²) < 4.78 is 1.22. The third-order valence-electron chi connectivity index (χ3n) is 7.24. The quantitative estimate of drug-likeness (QED) is 0.264. The number of para-hydroxylation sites is 1. The van der Waals surface area contributed by atoms with Crippen LogP contribution in [0.5, 0.6) is 0 Å². The molecule has 0 aliphatic heterocycles. The van der Waals surface area contributed by atoms with Crippen LogP contribution in [0.3, 0.4) is 0 Å². The lowest BCUT2D eigenvalue weighted by Gasteiger charge is -2.10. The minimum absolute atomic E-state index is 1.06. The molecule has 36 heavy (non-hydrogen) atoms. The van der Waals surface area contributed by atoms with Gasteiger partial charge >= 0.3 is 0 Å². The van der Waals surface area contributed by atoms with E-state index in [2.05, 4.69) is 114 Å². The maximum Gasteiger partial charge on any atom is 0.124 e. The van der Waals surface area contributed by atoms with Crippen molar-refractivity contribution >= 4 is 64.9 Å². The Kier molecular flexibility index (Phi) is 4.13. The van der Waals surface area contributed by atoms with E-state index in [9.17, 15) is 0 Å². The van der Waals surface area contributed by atoms with Crippen molar-refractivity contribution in [2.75, 3.05) is 0 Å². The number of benzene rings is 6. The summed E-state index contributed by atoms with van der Waals surface area (Å²) in [5.41, 5.74) is 7.06. The molecule has 0 radical (unpaired) electrons. The van der Waals surface area contributed by atoms with Crippen LogP contribution < -0.4 is 0 Å². The van der Waals surface area contributed by atoms with Crippen molar-refractivity contribution in [2.45, 2.75) is 0 Å². The molecule has 0 unspecified atom stereocenters. The van der Waals surface area contributed by atoms with Gasteiger partial charge in [0, 0.05) is 27.2 Å². The second-order valence-corrected chi connectivity index (χ2v) is 10.3. The molecule has 2 aromatic heterocycles. The van der Waals surface area contributed by atoms with Gasteiger partial charge in [-0.15, -0.1) is 11.3 Å². The molecule has 1 N–H and O–H groups in total. The third kappa shape index (κ3) is 2.87. The van der Waals surface area contributed by atoms with Crippen LogP contribution in [0.1, 0.15) is 0 Å². The molecule has 6 aromatic carbocycles. The monoisotopic (exact) mass is 476 g/mol. The van der Waals surface area contributed by atoms with Crippen LogP contribution >= 0.6 is 11.3 Å². The fourth-order valence-corrected chi connectivity index (χ4v) is 6.51. The van der Waals surface area contributed by atoms with Crippen LogP contribution in [-0.2, 0) is 0 Å². The van der Waals surface area contributed by atoms with Gasteiger partial charge in [-0.3, -0.25) is 0 Å². The summed E-state index contributed by atoms with van der Waals surface area (Å²) in [5.74, 6) is 0. The summed E-state index contributed by atoms with van der Waals surface area (Å²) in [5, 5.41) is 8.69. The molecule has 0 atom stereocenters. The van der Waals surface area contributed by atoms with Crippen LogP contribution in [0.2, 0.25) is 0 Å². The van der Waals surface area contributed by atoms with Crippen molar-refractivity contribution in [1.29, 1.82) is 0 Å². The zero-order valence-electron chi connectivity index (χ0n) is 19.3. The van der Waals surface area contributed by atoms with Crippen LogP contribution in [-0.4, -0.2) is 9.97 Å². The van der Waals surface area contributed by atoms with Crippen LogP contribution in [0.15, 0.2) is 115 Å². The van der Waals surface area contributed by atoms with E-state index in [-0.39, 0.29) is 0 Å². The van der Waals surface area contributed by atoms with E-state index in [0.717, 1.165) is 16.1 Å². The molecule has 2 heterocycles. The van der Waals surface area contributed by atoms with Crippen LogP contribution in [0.25, 0.3) is 75.3 Å². The fourth-order valence-electron chi connectivity index (χ4n) is 5.54. The first-order valence-electron chi connectivity index (χ1n) is 12.1. The number of nitrogens with one attached hydrogen (secondary N) is 1. The number of H-pyrrole nitrogens is 1. The van der Waals surface area contributed by atoms with E-state index in [0.29, 0.717) is 0 Å². The maximum atomic E-state index is 4.84. The lowest BCUT2D eigenvalue weighted by molar-refractivity contribution is 1.48. The average Bonchev–Trinajstić information content (AvgIpc) is 3.55. The SMILES string of the molecule is c1ccc2c(c1)ccc1c2[nH]c2ccc3cccc(-c4ccc(-c5nc6ccccc6s5)cc4)c3c21. The molecule has 0 saturated carbocycles. The van der Waals surface area contributed by atoms with E-state index >= 15 is 0 Å². The van der Waals surface area contributed by atoms with E-state index in [1.807, 2.05) is 6.07 Å². The summed E-state index contributed by atoms with van der Waals surface area (Å²) in [6.45, 7) is 0. The Bertz CT molecular complexity index is 2060. The number of nitrogens with zero attached hydrogens (tertiary/aromatic N) is 1. The second-order valence-electron chi connectivity index (χ2n) is 9.29. The van der Waals surface area contributed by atoms with Gasteiger partial charge < -0.3 is 4.98 Å². The fraction of sp³-hybridized carbons (Fsp3) is 0. The van der Waals surface area contributed by atoms with E-state index in [1.54, 1.807) is 11.3 Å². The normalized spacial score (nSPS) is 11.9. The van der Waals surface area contributed by atoms with Gasteiger partial charge in [0.25, 0.3) is 0 Å². The zero-order valence-corrected chi connectivity index (χ0v) is 20.1. The molecule has 8 rings (SSSR count). The highest BCUT2D eigenvalue weighted by atomic mass is 32.1. The number of aromatic nitrogens is 2. The van der Waals surface area contributed by atoms with E-state index in [1.165, 1.54) is 59.2 Å². The molecule has 2 nitrogen and oxygen atoms in total. The molecule has 0 aliphatic rings. The Balaban J connectivity index is 1.35. The van der Waals surface area contributed by atoms with Gasteiger partial charge in [0.2, 0.25) is 0 Å². The van der Waals surface area contributed by atoms with Crippen molar-refractivity contribution in [2.24, 2.45) is 0 Å². The van der Waals surface area contributed by atoms with Gasteiger partial charge in [-0.1, -0.05) is 97.1 Å². The zero-order chi connectivity index (χ0) is 23.6. The summed E-state index contributed by atoms with van der Waals surface area (Å²) in [4.78, 5) is 8.57. The number of rotatable bonds is 2. The number of thiazole rings is 1. The molecule has 0 spiro atoms. The lowest BCUT2D eigenvalue weighted by atomic mass is 9.94. The predicted molar refractivity (Wildman–Crippen MR) is 155 cm³/mol. The summed E-state index contributed by atoms with van der Waals surface area (Å²) in [6, 6.07) is 41.4. The number of hydrogen-bond acceptors (Lipinski definition) is 2. The summed E-state index contributed by atoms with van der Waals surface area (Å²) in [6.07, 6.45) is 0. The first-order valence-corrected chi connectivity index (χ1v) is 13.0. The molecular formula is C33H20N2S.